The van der Waals surface area contributed by atoms with Gasteiger partial charge < -0.3 is 19.3 Å². The summed E-state index contributed by atoms with van der Waals surface area (Å²) in [6.07, 6.45) is 1.83. The molecule has 2 aromatic carbocycles. The van der Waals surface area contributed by atoms with Crippen molar-refractivity contribution in [3.8, 4) is 34.1 Å². The fourth-order valence-electron chi connectivity index (χ4n) is 4.24. The van der Waals surface area contributed by atoms with E-state index in [-0.39, 0.29) is 11.8 Å². The summed E-state index contributed by atoms with van der Waals surface area (Å²) in [5.41, 5.74) is 5.68. The number of methoxy groups -OCH3 is 3. The molecule has 1 aliphatic carbocycles. The zero-order valence-electron chi connectivity index (χ0n) is 15.0. The molecule has 4 rings (SSSR count). The molecule has 0 spiro atoms. The fourth-order valence-corrected chi connectivity index (χ4v) is 4.24. The molecule has 1 heterocycles. The topological polar surface area (TPSA) is 51.2 Å². The normalized spacial score (nSPS) is 18.3. The van der Waals surface area contributed by atoms with E-state index in [0.717, 1.165) is 36.3 Å². The minimum Gasteiger partial charge on any atom is -0.504 e. The van der Waals surface area contributed by atoms with Crippen LogP contribution in [0, 0.1) is 0 Å². The Kier molecular flexibility index (Phi) is 3.76. The number of nitrogens with zero attached hydrogens (tertiary/aromatic N) is 1. The van der Waals surface area contributed by atoms with Crippen LogP contribution in [0.5, 0.6) is 23.0 Å². The average molecular weight is 341 g/mol. The molecule has 0 bridgehead atoms. The zero-order chi connectivity index (χ0) is 17.7. The highest BCUT2D eigenvalue weighted by Gasteiger charge is 2.36. The van der Waals surface area contributed by atoms with E-state index < -0.39 is 0 Å². The lowest BCUT2D eigenvalue weighted by molar-refractivity contribution is 0.226. The van der Waals surface area contributed by atoms with Crippen LogP contribution >= 0.6 is 0 Å². The highest BCUT2D eigenvalue weighted by atomic mass is 16.5. The number of hydrogen-bond acceptors (Lipinski definition) is 5. The number of benzene rings is 2. The minimum absolute atomic E-state index is 0.196. The molecule has 1 aliphatic heterocycles. The molecule has 132 valence electrons. The van der Waals surface area contributed by atoms with Crippen LogP contribution in [0.25, 0.3) is 11.1 Å². The summed E-state index contributed by atoms with van der Waals surface area (Å²) < 4.78 is 16.6. The number of likely N-dealkylation sites (N-methyl/N-ethyl adjacent to an activating group) is 1. The molecule has 5 nitrogen and oxygen atoms in total. The van der Waals surface area contributed by atoms with Crippen LogP contribution in [0.2, 0.25) is 0 Å². The van der Waals surface area contributed by atoms with Gasteiger partial charge >= 0.3 is 0 Å². The smallest absolute Gasteiger partial charge is 0.168 e. The lowest BCUT2D eigenvalue weighted by atomic mass is 9.76. The van der Waals surface area contributed by atoms with Gasteiger partial charge in [-0.3, -0.25) is 4.90 Å². The third-order valence-electron chi connectivity index (χ3n) is 5.48. The molecular formula is C20H23NO4. The van der Waals surface area contributed by atoms with E-state index >= 15 is 0 Å². The number of aromatic hydroxyl groups is 1. The molecule has 0 unspecified atom stereocenters. The SMILES string of the molecule is COc1cc2c(cc1OC)-c1c(OC)c(O)cc3c1[C@H](C2)N(C)CC3. The number of hydrogen-bond donors (Lipinski definition) is 1. The zero-order valence-corrected chi connectivity index (χ0v) is 15.0. The summed E-state index contributed by atoms with van der Waals surface area (Å²) in [4.78, 5) is 2.38. The number of phenols is 1. The maximum atomic E-state index is 10.5. The highest BCUT2D eigenvalue weighted by Crippen LogP contribution is 2.53. The van der Waals surface area contributed by atoms with Gasteiger partial charge in [-0.2, -0.15) is 0 Å². The van der Waals surface area contributed by atoms with Crippen LogP contribution in [0.15, 0.2) is 18.2 Å². The molecule has 1 atom stereocenters. The Morgan fingerprint density at radius 3 is 2.40 bits per heavy atom. The van der Waals surface area contributed by atoms with Gasteiger partial charge in [-0.05, 0) is 60.3 Å². The molecule has 0 radical (unpaired) electrons. The van der Waals surface area contributed by atoms with E-state index in [4.69, 9.17) is 14.2 Å². The van der Waals surface area contributed by atoms with E-state index in [2.05, 4.69) is 11.9 Å². The van der Waals surface area contributed by atoms with Gasteiger partial charge in [-0.25, -0.2) is 0 Å². The van der Waals surface area contributed by atoms with Gasteiger partial charge in [0.25, 0.3) is 0 Å². The molecule has 0 saturated heterocycles. The van der Waals surface area contributed by atoms with Crippen molar-refractivity contribution in [2.24, 2.45) is 0 Å². The summed E-state index contributed by atoms with van der Waals surface area (Å²) in [5, 5.41) is 10.5. The number of phenolic OH excluding ortho intramolecular Hbond substituents is 1. The maximum absolute atomic E-state index is 10.5. The van der Waals surface area contributed by atoms with E-state index in [1.807, 2.05) is 18.2 Å². The van der Waals surface area contributed by atoms with Crippen LogP contribution in [0.4, 0.5) is 0 Å². The molecule has 5 heteroatoms. The van der Waals surface area contributed by atoms with Crippen LogP contribution in [-0.4, -0.2) is 44.9 Å². The minimum atomic E-state index is 0.196. The summed E-state index contributed by atoms with van der Waals surface area (Å²) in [7, 11) is 7.05. The molecule has 0 fully saturated rings. The number of rotatable bonds is 3. The summed E-state index contributed by atoms with van der Waals surface area (Å²) in [6, 6.07) is 6.18. The van der Waals surface area contributed by atoms with Gasteiger partial charge in [0.15, 0.2) is 23.0 Å². The molecule has 2 aliphatic rings. The Hall–Kier alpha value is -2.40. The van der Waals surface area contributed by atoms with Crippen LogP contribution < -0.4 is 14.2 Å². The third kappa shape index (κ3) is 2.26. The maximum Gasteiger partial charge on any atom is 0.168 e. The largest absolute Gasteiger partial charge is 0.504 e. The van der Waals surface area contributed by atoms with Crippen molar-refractivity contribution in [1.82, 2.24) is 4.90 Å². The Morgan fingerprint density at radius 1 is 1.00 bits per heavy atom. The van der Waals surface area contributed by atoms with E-state index in [9.17, 15) is 5.11 Å². The van der Waals surface area contributed by atoms with Gasteiger partial charge in [0.05, 0.1) is 21.3 Å². The molecule has 25 heavy (non-hydrogen) atoms. The first-order valence-electron chi connectivity index (χ1n) is 8.47. The van der Waals surface area contributed by atoms with Crippen molar-refractivity contribution < 1.29 is 19.3 Å². The lowest BCUT2D eigenvalue weighted by Crippen LogP contribution is -2.35. The van der Waals surface area contributed by atoms with Gasteiger partial charge in [0.1, 0.15) is 0 Å². The predicted octanol–water partition coefficient (Wildman–Crippen LogP) is 3.17. The first kappa shape index (κ1) is 16.1. The van der Waals surface area contributed by atoms with Crippen molar-refractivity contribution in [2.45, 2.75) is 18.9 Å². The quantitative estimate of drug-likeness (QED) is 0.929. The average Bonchev–Trinajstić information content (AvgIpc) is 2.63. The molecule has 1 N–H and O–H groups in total. The van der Waals surface area contributed by atoms with Gasteiger partial charge in [-0.15, -0.1) is 0 Å². The van der Waals surface area contributed by atoms with Gasteiger partial charge in [0, 0.05) is 18.2 Å². The van der Waals surface area contributed by atoms with Crippen LogP contribution in [-0.2, 0) is 12.8 Å². The molecule has 0 saturated carbocycles. The summed E-state index contributed by atoms with van der Waals surface area (Å²) in [6.45, 7) is 0.978. The highest BCUT2D eigenvalue weighted by molar-refractivity contribution is 5.84. The second-order valence-corrected chi connectivity index (χ2v) is 6.69. The van der Waals surface area contributed by atoms with Gasteiger partial charge in [0.2, 0.25) is 0 Å². The van der Waals surface area contributed by atoms with Crippen molar-refractivity contribution in [2.75, 3.05) is 34.9 Å². The Bertz CT molecular complexity index is 846. The second-order valence-electron chi connectivity index (χ2n) is 6.69. The van der Waals surface area contributed by atoms with E-state index in [1.54, 1.807) is 21.3 Å². The first-order valence-corrected chi connectivity index (χ1v) is 8.47. The van der Waals surface area contributed by atoms with E-state index in [0.29, 0.717) is 11.5 Å². The third-order valence-corrected chi connectivity index (χ3v) is 5.48. The molecular weight excluding hydrogens is 318 g/mol. The van der Waals surface area contributed by atoms with Crippen molar-refractivity contribution in [1.29, 1.82) is 0 Å². The first-order chi connectivity index (χ1) is 12.1. The number of ether oxygens (including phenoxy) is 3. The van der Waals surface area contributed by atoms with Crippen molar-refractivity contribution >= 4 is 0 Å². The van der Waals surface area contributed by atoms with Crippen LogP contribution in [0.3, 0.4) is 0 Å². The molecule has 0 aromatic heterocycles. The van der Waals surface area contributed by atoms with Crippen molar-refractivity contribution in [3.05, 3.63) is 34.9 Å². The lowest BCUT2D eigenvalue weighted by Gasteiger charge is -2.40. The Balaban J connectivity index is 2.06. The monoisotopic (exact) mass is 341 g/mol. The molecule has 2 aromatic rings. The van der Waals surface area contributed by atoms with Crippen molar-refractivity contribution in [3.63, 3.8) is 0 Å². The fraction of sp³-hybridized carbons (Fsp3) is 0.400. The standard InChI is InChI=1S/C20H23NO4/c1-21-6-5-11-8-15(22)20(25-4)19-13-10-17(24-3)16(23-2)9-12(13)7-14(21)18(11)19/h8-10,14,22H,5-7H2,1-4H3/t14-/m0/s1. The summed E-state index contributed by atoms with van der Waals surface area (Å²) >= 11 is 0. The van der Waals surface area contributed by atoms with E-state index in [1.165, 1.54) is 16.7 Å². The summed E-state index contributed by atoms with van der Waals surface area (Å²) in [5.74, 6) is 2.14. The van der Waals surface area contributed by atoms with Crippen LogP contribution in [0.1, 0.15) is 22.7 Å². The Labute approximate surface area is 147 Å². The second kappa shape index (κ2) is 5.85. The number of fused-ring (bicyclic) bond motifs is 2. The Morgan fingerprint density at radius 2 is 1.72 bits per heavy atom. The van der Waals surface area contributed by atoms with Gasteiger partial charge in [-0.1, -0.05) is 0 Å². The predicted molar refractivity (Wildman–Crippen MR) is 96.0 cm³/mol. The molecule has 0 amide bonds.